The van der Waals surface area contributed by atoms with Gasteiger partial charge in [-0.2, -0.15) is 4.31 Å². The van der Waals surface area contributed by atoms with E-state index in [4.69, 9.17) is 11.1 Å². The van der Waals surface area contributed by atoms with Gasteiger partial charge in [-0.1, -0.05) is 20.8 Å². The Kier molecular flexibility index (Phi) is 5.76. The van der Waals surface area contributed by atoms with Crippen molar-refractivity contribution in [2.45, 2.75) is 33.2 Å². The molecule has 0 aromatic heterocycles. The van der Waals surface area contributed by atoms with Gasteiger partial charge < -0.3 is 5.73 Å². The van der Waals surface area contributed by atoms with Gasteiger partial charge in [-0.05, 0) is 12.3 Å². The Labute approximate surface area is 116 Å². The van der Waals surface area contributed by atoms with Crippen LogP contribution in [0.4, 0.5) is 0 Å². The van der Waals surface area contributed by atoms with Crippen molar-refractivity contribution in [3.8, 4) is 0 Å². The van der Waals surface area contributed by atoms with Gasteiger partial charge in [0.25, 0.3) is 0 Å². The van der Waals surface area contributed by atoms with Crippen LogP contribution in [-0.2, 0) is 10.0 Å². The summed E-state index contributed by atoms with van der Waals surface area (Å²) < 4.78 is 25.8. The van der Waals surface area contributed by atoms with Crippen molar-refractivity contribution in [1.29, 1.82) is 5.41 Å². The average Bonchev–Trinajstić information content (AvgIpc) is 2.28. The zero-order valence-electron chi connectivity index (χ0n) is 12.1. The highest BCUT2D eigenvalue weighted by atomic mass is 32.2. The molecule has 0 aliphatic carbocycles. The molecule has 0 aromatic rings. The number of nitrogens with one attached hydrogen (secondary N) is 1. The van der Waals surface area contributed by atoms with E-state index in [2.05, 4.69) is 4.90 Å². The third kappa shape index (κ3) is 4.43. The van der Waals surface area contributed by atoms with Crippen LogP contribution in [0.5, 0.6) is 0 Å². The summed E-state index contributed by atoms with van der Waals surface area (Å²) in [6.45, 7) is 8.11. The maximum Gasteiger partial charge on any atom is 0.214 e. The summed E-state index contributed by atoms with van der Waals surface area (Å²) >= 11 is 0. The molecule has 3 N–H and O–H groups in total. The smallest absolute Gasteiger partial charge is 0.214 e. The predicted molar refractivity (Wildman–Crippen MR) is 77.8 cm³/mol. The summed E-state index contributed by atoms with van der Waals surface area (Å²) in [6, 6.07) is -0.0602. The Bertz CT molecular complexity index is 400. The minimum absolute atomic E-state index is 0.0602. The second-order valence-corrected chi connectivity index (χ2v) is 7.50. The fourth-order valence-electron chi connectivity index (χ4n) is 2.49. The van der Waals surface area contributed by atoms with Gasteiger partial charge in [0, 0.05) is 26.2 Å². The lowest BCUT2D eigenvalue weighted by atomic mass is 10.1. The molecule has 1 aliphatic rings. The van der Waals surface area contributed by atoms with Crippen LogP contribution in [0.2, 0.25) is 0 Å². The molecule has 19 heavy (non-hydrogen) atoms. The second-order valence-electron chi connectivity index (χ2n) is 5.49. The number of amidine groups is 1. The maximum absolute atomic E-state index is 12.1. The average molecular weight is 290 g/mol. The summed E-state index contributed by atoms with van der Waals surface area (Å²) in [5.74, 6) is 0.515. The monoisotopic (exact) mass is 290 g/mol. The number of nitrogens with two attached hydrogens (primary N) is 1. The number of rotatable bonds is 6. The van der Waals surface area contributed by atoms with E-state index in [-0.39, 0.29) is 23.5 Å². The van der Waals surface area contributed by atoms with Crippen LogP contribution in [0.25, 0.3) is 0 Å². The molecule has 1 heterocycles. The van der Waals surface area contributed by atoms with E-state index in [1.54, 1.807) is 4.31 Å². The van der Waals surface area contributed by atoms with Crippen LogP contribution in [0.3, 0.4) is 0 Å². The van der Waals surface area contributed by atoms with Crippen LogP contribution in [0, 0.1) is 11.3 Å². The summed E-state index contributed by atoms with van der Waals surface area (Å²) in [7, 11) is -3.14. The summed E-state index contributed by atoms with van der Waals surface area (Å²) in [4.78, 5) is 2.10. The molecule has 6 nitrogen and oxygen atoms in total. The van der Waals surface area contributed by atoms with Crippen LogP contribution in [0.1, 0.15) is 27.2 Å². The van der Waals surface area contributed by atoms with E-state index in [1.165, 1.54) is 0 Å². The highest BCUT2D eigenvalue weighted by Crippen LogP contribution is 2.14. The van der Waals surface area contributed by atoms with Gasteiger partial charge in [-0.25, -0.2) is 8.42 Å². The third-order valence-electron chi connectivity index (χ3n) is 3.40. The zero-order chi connectivity index (χ0) is 14.6. The van der Waals surface area contributed by atoms with Gasteiger partial charge in [0.1, 0.15) is 5.84 Å². The lowest BCUT2D eigenvalue weighted by molar-refractivity contribution is 0.163. The standard InChI is InChI=1S/C12H26N4O2S/c1-4-11(12(13)14)15-5-7-16(8-6-15)19(17,18)9-10(2)3/h10-11H,4-9H2,1-3H3,(H3,13,14). The first kappa shape index (κ1) is 16.4. The summed E-state index contributed by atoms with van der Waals surface area (Å²) in [5, 5.41) is 7.56. The molecule has 0 bridgehead atoms. The molecule has 1 rings (SSSR count). The van der Waals surface area contributed by atoms with Crippen molar-refractivity contribution in [3.05, 3.63) is 0 Å². The molecule has 1 saturated heterocycles. The van der Waals surface area contributed by atoms with Gasteiger partial charge >= 0.3 is 0 Å². The normalized spacial score (nSPS) is 20.6. The Morgan fingerprint density at radius 3 is 2.16 bits per heavy atom. The van der Waals surface area contributed by atoms with Gasteiger partial charge in [-0.3, -0.25) is 10.3 Å². The molecule has 7 heteroatoms. The zero-order valence-corrected chi connectivity index (χ0v) is 12.9. The quantitative estimate of drug-likeness (QED) is 0.544. The largest absolute Gasteiger partial charge is 0.386 e. The lowest BCUT2D eigenvalue weighted by Gasteiger charge is -2.38. The molecule has 0 amide bonds. The molecule has 0 saturated carbocycles. The second kappa shape index (κ2) is 6.67. The van der Waals surface area contributed by atoms with Crippen LogP contribution in [0.15, 0.2) is 0 Å². The number of sulfonamides is 1. The molecule has 112 valence electrons. The molecule has 0 radical (unpaired) electrons. The molecule has 1 aliphatic heterocycles. The van der Waals surface area contributed by atoms with Crippen molar-refractivity contribution in [2.24, 2.45) is 11.7 Å². The van der Waals surface area contributed by atoms with E-state index >= 15 is 0 Å². The van der Waals surface area contributed by atoms with Gasteiger partial charge in [0.05, 0.1) is 11.8 Å². The topological polar surface area (TPSA) is 90.5 Å². The van der Waals surface area contributed by atoms with Gasteiger partial charge in [0.2, 0.25) is 10.0 Å². The summed E-state index contributed by atoms with van der Waals surface area (Å²) in [5.41, 5.74) is 5.57. The molecular weight excluding hydrogens is 264 g/mol. The van der Waals surface area contributed by atoms with Crippen molar-refractivity contribution in [2.75, 3.05) is 31.9 Å². The third-order valence-corrected chi connectivity index (χ3v) is 5.64. The molecule has 0 aromatic carbocycles. The summed E-state index contributed by atoms with van der Waals surface area (Å²) in [6.07, 6.45) is 0.786. The van der Waals surface area contributed by atoms with Crippen molar-refractivity contribution in [1.82, 2.24) is 9.21 Å². The molecule has 0 spiro atoms. The SMILES string of the molecule is CCC(C(=N)N)N1CCN(S(=O)(=O)CC(C)C)CC1. The number of nitrogens with zero attached hydrogens (tertiary/aromatic N) is 2. The van der Waals surface area contributed by atoms with E-state index in [0.717, 1.165) is 6.42 Å². The van der Waals surface area contributed by atoms with E-state index in [1.807, 2.05) is 20.8 Å². The lowest BCUT2D eigenvalue weighted by Crippen LogP contribution is -2.55. The number of hydrogen-bond donors (Lipinski definition) is 2. The first-order valence-electron chi connectivity index (χ1n) is 6.83. The molecular formula is C12H26N4O2S. The van der Waals surface area contributed by atoms with Crippen molar-refractivity contribution >= 4 is 15.9 Å². The maximum atomic E-state index is 12.1. The van der Waals surface area contributed by atoms with Crippen molar-refractivity contribution in [3.63, 3.8) is 0 Å². The fraction of sp³-hybridized carbons (Fsp3) is 0.917. The highest BCUT2D eigenvalue weighted by Gasteiger charge is 2.30. The Morgan fingerprint density at radius 1 is 1.26 bits per heavy atom. The van der Waals surface area contributed by atoms with Crippen molar-refractivity contribution < 1.29 is 8.42 Å². The molecule has 1 fully saturated rings. The van der Waals surface area contributed by atoms with E-state index in [0.29, 0.717) is 26.2 Å². The minimum atomic E-state index is -3.14. The van der Waals surface area contributed by atoms with E-state index in [9.17, 15) is 8.42 Å². The minimum Gasteiger partial charge on any atom is -0.386 e. The van der Waals surface area contributed by atoms with Crippen LogP contribution >= 0.6 is 0 Å². The predicted octanol–water partition coefficient (Wildman–Crippen LogP) is 0.304. The molecule has 1 unspecified atom stereocenters. The highest BCUT2D eigenvalue weighted by molar-refractivity contribution is 7.89. The Hall–Kier alpha value is -0.660. The first-order chi connectivity index (χ1) is 8.77. The van der Waals surface area contributed by atoms with E-state index < -0.39 is 10.0 Å². The Balaban J connectivity index is 2.60. The molecule has 1 atom stereocenters. The Morgan fingerprint density at radius 2 is 1.79 bits per heavy atom. The number of hydrogen-bond acceptors (Lipinski definition) is 4. The first-order valence-corrected chi connectivity index (χ1v) is 8.44. The van der Waals surface area contributed by atoms with Crippen LogP contribution in [-0.4, -0.2) is 61.4 Å². The van der Waals surface area contributed by atoms with Gasteiger partial charge in [-0.15, -0.1) is 0 Å². The van der Waals surface area contributed by atoms with Gasteiger partial charge in [0.15, 0.2) is 0 Å². The number of piperazine rings is 1. The fourth-order valence-corrected chi connectivity index (χ4v) is 4.27. The van der Waals surface area contributed by atoms with Crippen LogP contribution < -0.4 is 5.73 Å².